The summed E-state index contributed by atoms with van der Waals surface area (Å²) in [7, 11) is 0. The molecule has 1 N–H and O–H groups in total. The van der Waals surface area contributed by atoms with Crippen molar-refractivity contribution in [1.29, 1.82) is 0 Å². The maximum absolute atomic E-state index is 12.9. The number of hydrogen-bond acceptors (Lipinski definition) is 2. The molecule has 6 heteroatoms. The van der Waals surface area contributed by atoms with Gasteiger partial charge in [-0.3, -0.25) is 0 Å². The molecule has 0 bridgehead atoms. The van der Waals surface area contributed by atoms with Gasteiger partial charge in [0.15, 0.2) is 0 Å². The summed E-state index contributed by atoms with van der Waals surface area (Å²) >= 11 is 0. The van der Waals surface area contributed by atoms with Gasteiger partial charge >= 0.3 is 12.1 Å². The first-order chi connectivity index (χ1) is 9.09. The number of carboxylic acid groups (broad SMARTS) is 1. The van der Waals surface area contributed by atoms with Gasteiger partial charge in [-0.05, 0) is 17.6 Å². The molecule has 1 atom stereocenters. The number of hydrogen-bond donors (Lipinski definition) is 1. The second-order valence-corrected chi connectivity index (χ2v) is 4.61. The summed E-state index contributed by atoms with van der Waals surface area (Å²) in [5.74, 6) is -1.88. The minimum absolute atomic E-state index is 0.0673. The first-order valence-corrected chi connectivity index (χ1v) is 5.83. The molecule has 1 aliphatic heterocycles. The Morgan fingerprint density at radius 3 is 2.40 bits per heavy atom. The van der Waals surface area contributed by atoms with Crippen LogP contribution in [-0.4, -0.2) is 23.4 Å². The van der Waals surface area contributed by atoms with Crippen molar-refractivity contribution < 1.29 is 27.8 Å². The highest BCUT2D eigenvalue weighted by Gasteiger charge is 2.49. The Morgan fingerprint density at radius 1 is 1.50 bits per heavy atom. The van der Waals surface area contributed by atoms with Crippen molar-refractivity contribution in [2.45, 2.75) is 26.1 Å². The maximum Gasteiger partial charge on any atom is 0.430 e. The second kappa shape index (κ2) is 5.56. The fourth-order valence-corrected chi connectivity index (χ4v) is 1.85. The Kier molecular flexibility index (Phi) is 4.47. The number of rotatable bonds is 3. The highest BCUT2D eigenvalue weighted by atomic mass is 19.4. The molecule has 0 aromatic heterocycles. The van der Waals surface area contributed by atoms with Crippen LogP contribution in [-0.2, 0) is 9.53 Å². The Hall–Kier alpha value is -1.98. The molecular formula is C14H15F3O3. The van der Waals surface area contributed by atoms with E-state index in [1.54, 1.807) is 13.8 Å². The molecular weight excluding hydrogens is 273 g/mol. The molecule has 0 spiro atoms. The summed E-state index contributed by atoms with van der Waals surface area (Å²) in [5, 5.41) is 8.86. The molecule has 1 heterocycles. The summed E-state index contributed by atoms with van der Waals surface area (Å²) in [5.41, 5.74) is -0.338. The molecule has 0 aromatic rings. The van der Waals surface area contributed by atoms with Gasteiger partial charge in [0.2, 0.25) is 6.10 Å². The predicted octanol–water partition coefficient (Wildman–Crippen LogP) is 3.61. The Balaban J connectivity index is 3.43. The molecule has 0 aromatic carbocycles. The minimum Gasteiger partial charge on any atom is -0.478 e. The van der Waals surface area contributed by atoms with E-state index in [1.807, 2.05) is 0 Å². The van der Waals surface area contributed by atoms with Crippen LogP contribution in [0.4, 0.5) is 13.2 Å². The summed E-state index contributed by atoms with van der Waals surface area (Å²) in [6.07, 6.45) is -5.04. The van der Waals surface area contributed by atoms with Gasteiger partial charge in [0.25, 0.3) is 0 Å². The Bertz CT molecular complexity index is 510. The summed E-state index contributed by atoms with van der Waals surface area (Å²) in [6, 6.07) is 0. The summed E-state index contributed by atoms with van der Waals surface area (Å²) in [4.78, 5) is 10.9. The highest BCUT2D eigenvalue weighted by Crippen LogP contribution is 2.38. The number of alkyl halides is 3. The number of carbonyl (C=O) groups is 1. The van der Waals surface area contributed by atoms with Gasteiger partial charge in [-0.2, -0.15) is 13.2 Å². The van der Waals surface area contributed by atoms with E-state index in [2.05, 4.69) is 13.2 Å². The first kappa shape index (κ1) is 16.1. The van der Waals surface area contributed by atoms with Crippen molar-refractivity contribution in [3.63, 3.8) is 0 Å². The van der Waals surface area contributed by atoms with Crippen molar-refractivity contribution in [3.05, 3.63) is 47.8 Å². The zero-order chi connectivity index (χ0) is 15.7. The van der Waals surface area contributed by atoms with Crippen LogP contribution >= 0.6 is 0 Å². The van der Waals surface area contributed by atoms with Crippen molar-refractivity contribution >= 4 is 5.97 Å². The van der Waals surface area contributed by atoms with Gasteiger partial charge in [0, 0.05) is 5.57 Å². The lowest BCUT2D eigenvalue weighted by atomic mass is 9.94. The molecule has 20 heavy (non-hydrogen) atoms. The highest BCUT2D eigenvalue weighted by molar-refractivity contribution is 5.89. The van der Waals surface area contributed by atoms with Crippen LogP contribution in [0.1, 0.15) is 13.8 Å². The number of aliphatic carboxylic acids is 1. The van der Waals surface area contributed by atoms with Crippen LogP contribution < -0.4 is 0 Å². The average molecular weight is 288 g/mol. The lowest BCUT2D eigenvalue weighted by Crippen LogP contribution is -2.38. The molecule has 110 valence electrons. The van der Waals surface area contributed by atoms with Crippen LogP contribution in [0.3, 0.4) is 0 Å². The lowest BCUT2D eigenvalue weighted by molar-refractivity contribution is -0.200. The summed E-state index contributed by atoms with van der Waals surface area (Å²) in [6.45, 7) is 10.6. The largest absolute Gasteiger partial charge is 0.478 e. The second-order valence-electron chi connectivity index (χ2n) is 4.61. The van der Waals surface area contributed by atoms with Crippen LogP contribution in [0.25, 0.3) is 0 Å². The van der Waals surface area contributed by atoms with E-state index in [0.717, 1.165) is 6.08 Å². The van der Waals surface area contributed by atoms with Crippen molar-refractivity contribution in [2.75, 3.05) is 0 Å². The maximum atomic E-state index is 12.9. The van der Waals surface area contributed by atoms with Gasteiger partial charge in [0.1, 0.15) is 5.76 Å². The standard InChI is InChI=1S/C14H15F3O3/c1-5-9(7(2)3)11-8(4)6-10(13(18)19)12(20-11)14(15,16)17/h5-7,12H,1,4H2,2-3H3,(H,18,19)/b11-9-. The molecule has 0 amide bonds. The SMILES string of the molecule is C=C/C(=C1/OC(C(F)(F)F)C(C(=O)O)=CC1=C)C(C)C. The molecule has 3 nitrogen and oxygen atoms in total. The normalized spacial score (nSPS) is 22.2. The number of carboxylic acids is 1. The number of allylic oxidation sites excluding steroid dienone is 3. The third-order valence-corrected chi connectivity index (χ3v) is 2.79. The quantitative estimate of drug-likeness (QED) is 0.863. The minimum atomic E-state index is -4.82. The zero-order valence-electron chi connectivity index (χ0n) is 11.1. The van der Waals surface area contributed by atoms with Gasteiger partial charge < -0.3 is 9.84 Å². The fourth-order valence-electron chi connectivity index (χ4n) is 1.85. The van der Waals surface area contributed by atoms with Gasteiger partial charge in [-0.15, -0.1) is 0 Å². The van der Waals surface area contributed by atoms with E-state index >= 15 is 0 Å². The molecule has 1 aliphatic rings. The Morgan fingerprint density at radius 2 is 2.05 bits per heavy atom. The molecule has 0 saturated carbocycles. The van der Waals surface area contributed by atoms with Crippen molar-refractivity contribution in [3.8, 4) is 0 Å². The van der Waals surface area contributed by atoms with Crippen LogP contribution in [0.5, 0.6) is 0 Å². The fraction of sp³-hybridized carbons (Fsp3) is 0.357. The Labute approximate surface area is 114 Å². The summed E-state index contributed by atoms with van der Waals surface area (Å²) < 4.78 is 43.6. The van der Waals surface area contributed by atoms with E-state index in [0.29, 0.717) is 5.57 Å². The number of ether oxygens (including phenoxy) is 1. The van der Waals surface area contributed by atoms with E-state index in [4.69, 9.17) is 9.84 Å². The smallest absolute Gasteiger partial charge is 0.430 e. The molecule has 1 unspecified atom stereocenters. The van der Waals surface area contributed by atoms with Crippen LogP contribution in [0, 0.1) is 5.92 Å². The van der Waals surface area contributed by atoms with E-state index in [1.165, 1.54) is 6.08 Å². The third kappa shape index (κ3) is 3.12. The topological polar surface area (TPSA) is 46.5 Å². The monoisotopic (exact) mass is 288 g/mol. The van der Waals surface area contributed by atoms with E-state index in [-0.39, 0.29) is 17.3 Å². The molecule has 1 rings (SSSR count). The molecule has 0 saturated heterocycles. The number of halogens is 3. The van der Waals surface area contributed by atoms with Crippen molar-refractivity contribution in [1.82, 2.24) is 0 Å². The van der Waals surface area contributed by atoms with Gasteiger partial charge in [-0.25, -0.2) is 4.79 Å². The lowest BCUT2D eigenvalue weighted by Gasteiger charge is -2.30. The van der Waals surface area contributed by atoms with E-state index < -0.39 is 23.8 Å². The zero-order valence-corrected chi connectivity index (χ0v) is 11.1. The van der Waals surface area contributed by atoms with E-state index in [9.17, 15) is 18.0 Å². The molecule has 0 fully saturated rings. The predicted molar refractivity (Wildman–Crippen MR) is 67.8 cm³/mol. The van der Waals surface area contributed by atoms with Crippen LogP contribution in [0.2, 0.25) is 0 Å². The molecule has 0 aliphatic carbocycles. The third-order valence-electron chi connectivity index (χ3n) is 2.79. The molecule has 0 radical (unpaired) electrons. The van der Waals surface area contributed by atoms with Crippen LogP contribution in [0.15, 0.2) is 47.8 Å². The van der Waals surface area contributed by atoms with Gasteiger partial charge in [0.05, 0.1) is 5.57 Å². The first-order valence-electron chi connectivity index (χ1n) is 5.83. The van der Waals surface area contributed by atoms with Gasteiger partial charge in [-0.1, -0.05) is 33.1 Å². The van der Waals surface area contributed by atoms with Crippen molar-refractivity contribution in [2.24, 2.45) is 5.92 Å². The average Bonchev–Trinajstić information content (AvgIpc) is 2.29.